The van der Waals surface area contributed by atoms with E-state index in [0.29, 0.717) is 18.7 Å². The molecule has 1 unspecified atom stereocenters. The van der Waals surface area contributed by atoms with Crippen molar-refractivity contribution in [1.82, 2.24) is 5.32 Å². The first-order chi connectivity index (χ1) is 9.78. The van der Waals surface area contributed by atoms with Gasteiger partial charge in [-0.25, -0.2) is 4.79 Å². The van der Waals surface area contributed by atoms with Crippen LogP contribution in [0.5, 0.6) is 5.75 Å². The van der Waals surface area contributed by atoms with Gasteiger partial charge in [0, 0.05) is 12.6 Å². The number of ether oxygens (including phenoxy) is 1. The number of para-hydroxylation sites is 1. The highest BCUT2D eigenvalue weighted by molar-refractivity contribution is 5.70. The molecule has 0 aliphatic rings. The summed E-state index contributed by atoms with van der Waals surface area (Å²) in [5.41, 5.74) is 6.82. The lowest BCUT2D eigenvalue weighted by Gasteiger charge is -2.16. The van der Waals surface area contributed by atoms with Crippen molar-refractivity contribution in [2.24, 2.45) is 5.73 Å². The van der Waals surface area contributed by atoms with Crippen LogP contribution in [0.25, 0.3) is 0 Å². The first-order valence-corrected chi connectivity index (χ1v) is 6.55. The Hall–Kier alpha value is -2.33. The minimum absolute atomic E-state index is 0.145. The minimum atomic E-state index is -0.484. The third-order valence-corrected chi connectivity index (χ3v) is 2.89. The van der Waals surface area contributed by atoms with Crippen LogP contribution in [0.4, 0.5) is 4.79 Å². The molecular weight excluding hydrogens is 252 g/mol. The molecule has 2 aromatic rings. The molecule has 0 aliphatic heterocycles. The predicted molar refractivity (Wildman–Crippen MR) is 78.6 cm³/mol. The first-order valence-electron chi connectivity index (χ1n) is 6.55. The van der Waals surface area contributed by atoms with Crippen LogP contribution in [-0.2, 0) is 6.42 Å². The largest absolute Gasteiger partial charge is 0.412 e. The van der Waals surface area contributed by atoms with Gasteiger partial charge in [0.25, 0.3) is 0 Å². The summed E-state index contributed by atoms with van der Waals surface area (Å²) in [6, 6.07) is 18.7. The van der Waals surface area contributed by atoms with Crippen molar-refractivity contribution in [3.8, 4) is 5.75 Å². The molecule has 4 nitrogen and oxygen atoms in total. The Morgan fingerprint density at radius 1 is 1.05 bits per heavy atom. The van der Waals surface area contributed by atoms with Gasteiger partial charge in [0.2, 0.25) is 0 Å². The highest BCUT2D eigenvalue weighted by atomic mass is 16.6. The zero-order valence-electron chi connectivity index (χ0n) is 11.2. The van der Waals surface area contributed by atoms with Gasteiger partial charge in [0.1, 0.15) is 5.75 Å². The van der Waals surface area contributed by atoms with Gasteiger partial charge in [-0.3, -0.25) is 0 Å². The Bertz CT molecular complexity index is 529. The Labute approximate surface area is 118 Å². The summed E-state index contributed by atoms with van der Waals surface area (Å²) in [6.07, 6.45) is 0.198. The lowest BCUT2D eigenvalue weighted by Crippen LogP contribution is -2.43. The van der Waals surface area contributed by atoms with E-state index >= 15 is 0 Å². The molecule has 0 saturated carbocycles. The van der Waals surface area contributed by atoms with Crippen molar-refractivity contribution in [3.05, 3.63) is 66.2 Å². The topological polar surface area (TPSA) is 64.3 Å². The smallest absolute Gasteiger partial charge is 0.410 e. The van der Waals surface area contributed by atoms with Crippen LogP contribution in [0.3, 0.4) is 0 Å². The number of carbonyl (C=O) groups excluding carboxylic acids is 1. The van der Waals surface area contributed by atoms with Gasteiger partial charge in [-0.05, 0) is 24.1 Å². The lowest BCUT2D eigenvalue weighted by molar-refractivity contribution is 0.196. The van der Waals surface area contributed by atoms with Crippen molar-refractivity contribution in [3.63, 3.8) is 0 Å². The van der Waals surface area contributed by atoms with Crippen LogP contribution in [-0.4, -0.2) is 18.7 Å². The first kappa shape index (κ1) is 14.1. The molecule has 0 bridgehead atoms. The van der Waals surface area contributed by atoms with Gasteiger partial charge >= 0.3 is 6.09 Å². The van der Waals surface area contributed by atoms with Crippen molar-refractivity contribution in [2.75, 3.05) is 6.54 Å². The molecule has 20 heavy (non-hydrogen) atoms. The lowest BCUT2D eigenvalue weighted by atomic mass is 10.1. The van der Waals surface area contributed by atoms with Gasteiger partial charge in [-0.1, -0.05) is 48.5 Å². The molecule has 4 heteroatoms. The standard InChI is InChI=1S/C16H18N2O2/c17-12-14(11-13-7-3-1-4-8-13)18-16(19)20-15-9-5-2-6-10-15/h1-10,14H,11-12,17H2,(H,18,19). The molecule has 0 aliphatic carbocycles. The molecule has 2 aromatic carbocycles. The second kappa shape index (κ2) is 7.31. The van der Waals surface area contributed by atoms with Crippen LogP contribution in [0, 0.1) is 0 Å². The fraction of sp³-hybridized carbons (Fsp3) is 0.188. The molecule has 1 atom stereocenters. The molecule has 0 saturated heterocycles. The highest BCUT2D eigenvalue weighted by Crippen LogP contribution is 2.09. The molecule has 0 spiro atoms. The summed E-state index contributed by atoms with van der Waals surface area (Å²) in [6.45, 7) is 0.360. The van der Waals surface area contributed by atoms with Crippen molar-refractivity contribution < 1.29 is 9.53 Å². The van der Waals surface area contributed by atoms with E-state index in [4.69, 9.17) is 10.5 Å². The number of nitrogens with two attached hydrogens (primary N) is 1. The SMILES string of the molecule is NCC(Cc1ccccc1)NC(=O)Oc1ccccc1. The molecule has 1 amide bonds. The Morgan fingerprint density at radius 2 is 1.65 bits per heavy atom. The van der Waals surface area contributed by atoms with Crippen molar-refractivity contribution in [2.45, 2.75) is 12.5 Å². The van der Waals surface area contributed by atoms with Gasteiger partial charge in [0.05, 0.1) is 0 Å². The van der Waals surface area contributed by atoms with E-state index in [1.807, 2.05) is 48.5 Å². The number of hydrogen-bond acceptors (Lipinski definition) is 3. The molecular formula is C16H18N2O2. The molecule has 0 radical (unpaired) electrons. The van der Waals surface area contributed by atoms with Gasteiger partial charge in [-0.2, -0.15) is 0 Å². The van der Waals surface area contributed by atoms with Crippen molar-refractivity contribution >= 4 is 6.09 Å². The van der Waals surface area contributed by atoms with Crippen LogP contribution >= 0.6 is 0 Å². The van der Waals surface area contributed by atoms with E-state index in [0.717, 1.165) is 5.56 Å². The fourth-order valence-electron chi connectivity index (χ4n) is 1.88. The summed E-state index contributed by atoms with van der Waals surface area (Å²) in [4.78, 5) is 11.8. The van der Waals surface area contributed by atoms with Gasteiger partial charge < -0.3 is 15.8 Å². The highest BCUT2D eigenvalue weighted by Gasteiger charge is 2.12. The second-order valence-electron chi connectivity index (χ2n) is 4.47. The van der Waals surface area contributed by atoms with Crippen LogP contribution in [0.1, 0.15) is 5.56 Å². The number of rotatable bonds is 5. The Balaban J connectivity index is 1.88. The van der Waals surface area contributed by atoms with E-state index in [9.17, 15) is 4.79 Å². The zero-order chi connectivity index (χ0) is 14.2. The zero-order valence-corrected chi connectivity index (χ0v) is 11.2. The van der Waals surface area contributed by atoms with E-state index in [-0.39, 0.29) is 6.04 Å². The third kappa shape index (κ3) is 4.40. The van der Waals surface area contributed by atoms with Crippen LogP contribution in [0.15, 0.2) is 60.7 Å². The number of carbonyl (C=O) groups is 1. The minimum Gasteiger partial charge on any atom is -0.410 e. The monoisotopic (exact) mass is 270 g/mol. The van der Waals surface area contributed by atoms with E-state index in [1.54, 1.807) is 12.1 Å². The van der Waals surface area contributed by atoms with Gasteiger partial charge in [-0.15, -0.1) is 0 Å². The van der Waals surface area contributed by atoms with E-state index in [1.165, 1.54) is 0 Å². The number of amides is 1. The maximum atomic E-state index is 11.8. The summed E-state index contributed by atoms with van der Waals surface area (Å²) in [5, 5.41) is 2.78. The summed E-state index contributed by atoms with van der Waals surface area (Å²) >= 11 is 0. The Kier molecular flexibility index (Phi) is 5.15. The maximum Gasteiger partial charge on any atom is 0.412 e. The molecule has 3 N–H and O–H groups in total. The average Bonchev–Trinajstić information content (AvgIpc) is 2.48. The molecule has 0 fully saturated rings. The van der Waals surface area contributed by atoms with E-state index in [2.05, 4.69) is 5.32 Å². The summed E-state index contributed by atoms with van der Waals surface area (Å²) < 4.78 is 5.18. The fourth-order valence-corrected chi connectivity index (χ4v) is 1.88. The number of nitrogens with one attached hydrogen (secondary N) is 1. The summed E-state index contributed by atoms with van der Waals surface area (Å²) in [5.74, 6) is 0.514. The third-order valence-electron chi connectivity index (χ3n) is 2.89. The molecule has 0 aromatic heterocycles. The molecule has 0 heterocycles. The van der Waals surface area contributed by atoms with Gasteiger partial charge in [0.15, 0.2) is 0 Å². The summed E-state index contributed by atoms with van der Waals surface area (Å²) in [7, 11) is 0. The quantitative estimate of drug-likeness (QED) is 0.876. The predicted octanol–water partition coefficient (Wildman–Crippen LogP) is 2.35. The maximum absolute atomic E-state index is 11.8. The van der Waals surface area contributed by atoms with Crippen LogP contribution < -0.4 is 15.8 Å². The molecule has 104 valence electrons. The number of benzene rings is 2. The second-order valence-corrected chi connectivity index (χ2v) is 4.47. The normalized spacial score (nSPS) is 11.7. The molecule has 2 rings (SSSR count). The Morgan fingerprint density at radius 3 is 2.25 bits per heavy atom. The van der Waals surface area contributed by atoms with E-state index < -0.39 is 6.09 Å². The number of hydrogen-bond donors (Lipinski definition) is 2. The van der Waals surface area contributed by atoms with Crippen LogP contribution in [0.2, 0.25) is 0 Å². The van der Waals surface area contributed by atoms with Crippen molar-refractivity contribution in [1.29, 1.82) is 0 Å². The average molecular weight is 270 g/mol.